The summed E-state index contributed by atoms with van der Waals surface area (Å²) in [7, 11) is 0. The summed E-state index contributed by atoms with van der Waals surface area (Å²) >= 11 is 0. The van der Waals surface area contributed by atoms with Crippen molar-refractivity contribution >= 4 is 24.0 Å². The quantitative estimate of drug-likeness (QED) is 0.869. The first-order valence-corrected chi connectivity index (χ1v) is 8.19. The van der Waals surface area contributed by atoms with E-state index < -0.39 is 0 Å². The lowest BCUT2D eigenvalue weighted by Gasteiger charge is -2.43. The summed E-state index contributed by atoms with van der Waals surface area (Å²) < 4.78 is 0. The molecule has 2 aliphatic carbocycles. The molecule has 0 aromatic heterocycles. The van der Waals surface area contributed by atoms with Crippen molar-refractivity contribution < 1.29 is 4.79 Å². The molecule has 1 aromatic rings. The third kappa shape index (κ3) is 3.31. The Hall–Kier alpha value is -1.06. The molecule has 3 rings (SSSR count). The molecule has 2 atom stereocenters. The lowest BCUT2D eigenvalue weighted by molar-refractivity contribution is -0.122. The minimum atomic E-state index is 0. The summed E-state index contributed by atoms with van der Waals surface area (Å²) in [6, 6.07) is 6.40. The Bertz CT molecular complexity index is 532. The number of fused-ring (bicyclic) bond motifs is 2. The van der Waals surface area contributed by atoms with E-state index in [9.17, 15) is 4.79 Å². The number of hydrogen-bond acceptors (Lipinski definition) is 2. The number of anilines is 1. The molecular formula is C18H27ClN2O. The maximum absolute atomic E-state index is 12.6. The molecule has 2 unspecified atom stereocenters. The summed E-state index contributed by atoms with van der Waals surface area (Å²) in [4.78, 5) is 12.6. The van der Waals surface area contributed by atoms with Gasteiger partial charge in [-0.25, -0.2) is 0 Å². The Morgan fingerprint density at radius 2 is 1.82 bits per heavy atom. The van der Waals surface area contributed by atoms with Crippen LogP contribution in [0.25, 0.3) is 0 Å². The first kappa shape index (κ1) is 17.3. The van der Waals surface area contributed by atoms with Gasteiger partial charge in [-0.3, -0.25) is 4.79 Å². The van der Waals surface area contributed by atoms with Gasteiger partial charge in [-0.1, -0.05) is 18.6 Å². The fourth-order valence-electron chi connectivity index (χ4n) is 4.12. The highest BCUT2D eigenvalue weighted by molar-refractivity contribution is 5.93. The van der Waals surface area contributed by atoms with Gasteiger partial charge in [0, 0.05) is 17.6 Å². The van der Waals surface area contributed by atoms with Gasteiger partial charge in [-0.15, -0.1) is 12.4 Å². The molecule has 3 nitrogen and oxygen atoms in total. The molecule has 0 aliphatic heterocycles. The van der Waals surface area contributed by atoms with E-state index in [0.29, 0.717) is 17.9 Å². The molecule has 2 aliphatic rings. The topological polar surface area (TPSA) is 55.1 Å². The second-order valence-corrected chi connectivity index (χ2v) is 6.93. The number of hydrogen-bond donors (Lipinski definition) is 2. The summed E-state index contributed by atoms with van der Waals surface area (Å²) in [5, 5.41) is 3.15. The van der Waals surface area contributed by atoms with E-state index in [2.05, 4.69) is 25.2 Å². The van der Waals surface area contributed by atoms with E-state index in [4.69, 9.17) is 5.73 Å². The van der Waals surface area contributed by atoms with Crippen molar-refractivity contribution in [3.8, 4) is 0 Å². The predicted molar refractivity (Wildman–Crippen MR) is 93.3 cm³/mol. The van der Waals surface area contributed by atoms with Crippen molar-refractivity contribution in [3.63, 3.8) is 0 Å². The first-order valence-electron chi connectivity index (χ1n) is 8.19. The Labute approximate surface area is 139 Å². The molecule has 1 amide bonds. The van der Waals surface area contributed by atoms with Gasteiger partial charge in [0.15, 0.2) is 0 Å². The van der Waals surface area contributed by atoms with Crippen LogP contribution in [0.2, 0.25) is 0 Å². The Morgan fingerprint density at radius 1 is 1.18 bits per heavy atom. The Balaban J connectivity index is 0.00000176. The molecule has 0 radical (unpaired) electrons. The van der Waals surface area contributed by atoms with E-state index in [1.165, 1.54) is 30.4 Å². The van der Waals surface area contributed by atoms with E-state index in [-0.39, 0.29) is 24.2 Å². The van der Waals surface area contributed by atoms with E-state index in [1.54, 1.807) is 0 Å². The van der Waals surface area contributed by atoms with Gasteiger partial charge in [-0.2, -0.15) is 0 Å². The zero-order valence-electron chi connectivity index (χ0n) is 13.5. The molecule has 3 N–H and O–H groups in total. The zero-order chi connectivity index (χ0) is 15.0. The van der Waals surface area contributed by atoms with Crippen LogP contribution < -0.4 is 11.1 Å². The third-order valence-electron chi connectivity index (χ3n) is 5.65. The van der Waals surface area contributed by atoms with E-state index >= 15 is 0 Å². The van der Waals surface area contributed by atoms with Crippen molar-refractivity contribution in [2.24, 2.45) is 23.5 Å². The van der Waals surface area contributed by atoms with Gasteiger partial charge < -0.3 is 11.1 Å². The monoisotopic (exact) mass is 322 g/mol. The molecule has 2 fully saturated rings. The number of nitrogens with two attached hydrogens (primary N) is 1. The van der Waals surface area contributed by atoms with Crippen LogP contribution in [0.5, 0.6) is 0 Å². The fourth-order valence-corrected chi connectivity index (χ4v) is 4.12. The van der Waals surface area contributed by atoms with Gasteiger partial charge in [0.2, 0.25) is 5.91 Å². The van der Waals surface area contributed by atoms with Crippen LogP contribution >= 0.6 is 12.4 Å². The SMILES string of the molecule is Cc1cccc(NC(=O)C2CC3CCCC(C2)C3N)c1C.Cl. The van der Waals surface area contributed by atoms with E-state index in [0.717, 1.165) is 18.5 Å². The minimum Gasteiger partial charge on any atom is -0.327 e. The Kier molecular flexibility index (Phi) is 5.51. The van der Waals surface area contributed by atoms with Crippen LogP contribution in [0.15, 0.2) is 18.2 Å². The van der Waals surface area contributed by atoms with Gasteiger partial charge in [0.05, 0.1) is 0 Å². The number of carbonyl (C=O) groups is 1. The van der Waals surface area contributed by atoms with E-state index in [1.807, 2.05) is 12.1 Å². The zero-order valence-corrected chi connectivity index (χ0v) is 14.3. The molecule has 0 spiro atoms. The first-order chi connectivity index (χ1) is 10.1. The molecule has 122 valence electrons. The summed E-state index contributed by atoms with van der Waals surface area (Å²) in [6.45, 7) is 4.14. The third-order valence-corrected chi connectivity index (χ3v) is 5.65. The molecular weight excluding hydrogens is 296 g/mol. The van der Waals surface area contributed by atoms with Crippen LogP contribution in [-0.2, 0) is 4.79 Å². The minimum absolute atomic E-state index is 0. The lowest BCUT2D eigenvalue weighted by atomic mass is 9.65. The number of aryl methyl sites for hydroxylation is 1. The maximum Gasteiger partial charge on any atom is 0.227 e. The molecule has 22 heavy (non-hydrogen) atoms. The molecule has 0 heterocycles. The van der Waals surface area contributed by atoms with Crippen molar-refractivity contribution in [2.45, 2.75) is 52.0 Å². The Morgan fingerprint density at radius 3 is 2.45 bits per heavy atom. The smallest absolute Gasteiger partial charge is 0.227 e. The van der Waals surface area contributed by atoms with Crippen molar-refractivity contribution in [3.05, 3.63) is 29.3 Å². The normalized spacial score (nSPS) is 30.3. The number of rotatable bonds is 2. The van der Waals surface area contributed by atoms with Crippen LogP contribution in [0, 0.1) is 31.6 Å². The van der Waals surface area contributed by atoms with Gasteiger partial charge >= 0.3 is 0 Å². The standard InChI is InChI=1S/C18H26N2O.ClH/c1-11-5-3-8-16(12(11)2)20-18(21)15-9-13-6-4-7-14(10-15)17(13)19;/h3,5,8,13-15,17H,4,6-7,9-10,19H2,1-2H3,(H,20,21);1H. The summed E-state index contributed by atoms with van der Waals surface area (Å²) in [5.74, 6) is 1.42. The number of carbonyl (C=O) groups excluding carboxylic acids is 1. The highest BCUT2D eigenvalue weighted by Gasteiger charge is 2.40. The molecule has 1 aromatic carbocycles. The van der Waals surface area contributed by atoms with Crippen LogP contribution in [0.4, 0.5) is 5.69 Å². The number of benzene rings is 1. The number of amides is 1. The average molecular weight is 323 g/mol. The lowest BCUT2D eigenvalue weighted by Crippen LogP contribution is -2.48. The van der Waals surface area contributed by atoms with Crippen LogP contribution in [0.1, 0.15) is 43.2 Å². The van der Waals surface area contributed by atoms with Gasteiger partial charge in [0.25, 0.3) is 0 Å². The molecule has 2 saturated carbocycles. The maximum atomic E-state index is 12.6. The number of halogens is 1. The molecule has 0 saturated heterocycles. The average Bonchev–Trinajstić information content (AvgIpc) is 2.43. The van der Waals surface area contributed by atoms with Gasteiger partial charge in [0.1, 0.15) is 0 Å². The molecule has 4 heteroatoms. The number of nitrogens with one attached hydrogen (secondary N) is 1. The predicted octanol–water partition coefficient (Wildman–Crippen LogP) is 3.82. The largest absolute Gasteiger partial charge is 0.327 e. The fraction of sp³-hybridized carbons (Fsp3) is 0.611. The summed E-state index contributed by atoms with van der Waals surface area (Å²) in [5.41, 5.74) is 9.65. The van der Waals surface area contributed by atoms with Crippen LogP contribution in [0.3, 0.4) is 0 Å². The van der Waals surface area contributed by atoms with Crippen molar-refractivity contribution in [1.82, 2.24) is 0 Å². The van der Waals surface area contributed by atoms with Crippen molar-refractivity contribution in [2.75, 3.05) is 5.32 Å². The van der Waals surface area contributed by atoms with Crippen LogP contribution in [-0.4, -0.2) is 11.9 Å². The highest BCUT2D eigenvalue weighted by atomic mass is 35.5. The van der Waals surface area contributed by atoms with Gasteiger partial charge in [-0.05, 0) is 68.6 Å². The summed E-state index contributed by atoms with van der Waals surface area (Å²) in [6.07, 6.45) is 5.62. The highest BCUT2D eigenvalue weighted by Crippen LogP contribution is 2.42. The second kappa shape index (κ2) is 7.01. The molecule has 2 bridgehead atoms. The van der Waals surface area contributed by atoms with Crippen molar-refractivity contribution in [1.29, 1.82) is 0 Å². The second-order valence-electron chi connectivity index (χ2n) is 6.93.